The number of ether oxygens (including phenoxy) is 1. The van der Waals surface area contributed by atoms with Crippen LogP contribution >= 0.6 is 0 Å². The lowest BCUT2D eigenvalue weighted by atomic mass is 10.2. The largest absolute Gasteiger partial charge is 0.497 e. The number of hydrogen-bond acceptors (Lipinski definition) is 4. The van der Waals surface area contributed by atoms with Gasteiger partial charge < -0.3 is 10.1 Å². The van der Waals surface area contributed by atoms with E-state index in [2.05, 4.69) is 5.32 Å². The van der Waals surface area contributed by atoms with Crippen LogP contribution < -0.4 is 10.1 Å². The Hall–Kier alpha value is -3.23. The van der Waals surface area contributed by atoms with Gasteiger partial charge in [-0.3, -0.25) is 4.79 Å². The monoisotopic (exact) mass is 442 g/mol. The average Bonchev–Trinajstić information content (AvgIpc) is 2.79. The van der Waals surface area contributed by atoms with Crippen LogP contribution in [0.3, 0.4) is 0 Å². The molecule has 0 atom stereocenters. The van der Waals surface area contributed by atoms with Crippen LogP contribution in [0.15, 0.2) is 83.8 Å². The minimum atomic E-state index is -3.94. The van der Waals surface area contributed by atoms with Gasteiger partial charge in [-0.2, -0.15) is 4.31 Å². The van der Waals surface area contributed by atoms with E-state index in [1.54, 1.807) is 36.4 Å². The number of halogens is 1. The first-order valence-electron chi connectivity index (χ1n) is 9.58. The molecule has 6 nitrogen and oxygen atoms in total. The number of rotatable bonds is 9. The zero-order valence-corrected chi connectivity index (χ0v) is 17.8. The van der Waals surface area contributed by atoms with Crippen LogP contribution in [0.25, 0.3) is 0 Å². The van der Waals surface area contributed by atoms with E-state index in [0.717, 1.165) is 9.87 Å². The molecule has 162 valence electrons. The number of hydrogen-bond donors (Lipinski definition) is 1. The van der Waals surface area contributed by atoms with E-state index >= 15 is 0 Å². The number of nitrogens with zero attached hydrogens (tertiary/aromatic N) is 1. The molecular weight excluding hydrogens is 419 g/mol. The van der Waals surface area contributed by atoms with Crippen LogP contribution in [0.5, 0.6) is 5.75 Å². The molecule has 0 unspecified atom stereocenters. The Morgan fingerprint density at radius 2 is 1.58 bits per heavy atom. The van der Waals surface area contributed by atoms with Crippen molar-refractivity contribution in [3.8, 4) is 5.75 Å². The minimum Gasteiger partial charge on any atom is -0.497 e. The Morgan fingerprint density at radius 1 is 0.935 bits per heavy atom. The van der Waals surface area contributed by atoms with Gasteiger partial charge in [0.1, 0.15) is 11.6 Å². The Balaban J connectivity index is 1.78. The summed E-state index contributed by atoms with van der Waals surface area (Å²) >= 11 is 0. The van der Waals surface area contributed by atoms with Crippen molar-refractivity contribution in [2.24, 2.45) is 0 Å². The van der Waals surface area contributed by atoms with Gasteiger partial charge in [0.2, 0.25) is 15.9 Å². The van der Waals surface area contributed by atoms with Gasteiger partial charge in [0.25, 0.3) is 0 Å². The van der Waals surface area contributed by atoms with Crippen LogP contribution in [0.2, 0.25) is 0 Å². The van der Waals surface area contributed by atoms with Crippen molar-refractivity contribution < 1.29 is 22.3 Å². The highest BCUT2D eigenvalue weighted by Gasteiger charge is 2.27. The van der Waals surface area contributed by atoms with Crippen molar-refractivity contribution in [2.75, 3.05) is 13.7 Å². The summed E-state index contributed by atoms with van der Waals surface area (Å²) in [5.74, 6) is -0.294. The SMILES string of the molecule is COc1ccc(S(=O)(=O)N(CC(=O)NCc2ccc(F)cc2)Cc2ccccc2)cc1. The summed E-state index contributed by atoms with van der Waals surface area (Å²) in [6.07, 6.45) is 0. The van der Waals surface area contributed by atoms with Gasteiger partial charge in [0, 0.05) is 13.1 Å². The highest BCUT2D eigenvalue weighted by Crippen LogP contribution is 2.21. The Labute approximate surface area is 181 Å². The average molecular weight is 443 g/mol. The topological polar surface area (TPSA) is 75.7 Å². The van der Waals surface area contributed by atoms with Gasteiger partial charge in [0.15, 0.2) is 0 Å². The molecular formula is C23H23FN2O4S. The molecule has 0 bridgehead atoms. The number of carbonyl (C=O) groups excluding carboxylic acids is 1. The van der Waals surface area contributed by atoms with Crippen molar-refractivity contribution in [1.29, 1.82) is 0 Å². The molecule has 1 amide bonds. The van der Waals surface area contributed by atoms with Crippen LogP contribution in [0.4, 0.5) is 4.39 Å². The first-order chi connectivity index (χ1) is 14.9. The summed E-state index contributed by atoms with van der Waals surface area (Å²) in [6, 6.07) is 20.8. The summed E-state index contributed by atoms with van der Waals surface area (Å²) in [6.45, 7) is -0.148. The molecule has 0 heterocycles. The van der Waals surface area contributed by atoms with Crippen LogP contribution in [0, 0.1) is 5.82 Å². The lowest BCUT2D eigenvalue weighted by Gasteiger charge is -2.22. The number of benzene rings is 3. The molecule has 31 heavy (non-hydrogen) atoms. The first-order valence-corrected chi connectivity index (χ1v) is 11.0. The summed E-state index contributed by atoms with van der Waals surface area (Å²) < 4.78 is 45.7. The third-order valence-electron chi connectivity index (χ3n) is 4.62. The number of sulfonamides is 1. The van der Waals surface area contributed by atoms with Crippen molar-refractivity contribution in [3.05, 3.63) is 95.8 Å². The maximum absolute atomic E-state index is 13.2. The fourth-order valence-electron chi connectivity index (χ4n) is 2.93. The van der Waals surface area contributed by atoms with Crippen molar-refractivity contribution >= 4 is 15.9 Å². The molecule has 3 rings (SSSR count). The molecule has 0 aliphatic carbocycles. The van der Waals surface area contributed by atoms with E-state index in [1.807, 2.05) is 18.2 Å². The van der Waals surface area contributed by atoms with E-state index in [9.17, 15) is 17.6 Å². The maximum Gasteiger partial charge on any atom is 0.243 e. The van der Waals surface area contributed by atoms with E-state index < -0.39 is 15.9 Å². The van der Waals surface area contributed by atoms with E-state index in [0.29, 0.717) is 11.3 Å². The highest BCUT2D eigenvalue weighted by atomic mass is 32.2. The van der Waals surface area contributed by atoms with Gasteiger partial charge in [-0.05, 0) is 47.5 Å². The van der Waals surface area contributed by atoms with E-state index in [4.69, 9.17) is 4.74 Å². The van der Waals surface area contributed by atoms with E-state index in [-0.39, 0.29) is 30.3 Å². The lowest BCUT2D eigenvalue weighted by Crippen LogP contribution is -2.40. The smallest absolute Gasteiger partial charge is 0.243 e. The molecule has 3 aromatic carbocycles. The second-order valence-electron chi connectivity index (χ2n) is 6.84. The quantitative estimate of drug-likeness (QED) is 0.552. The Morgan fingerprint density at radius 3 is 2.19 bits per heavy atom. The zero-order valence-electron chi connectivity index (χ0n) is 17.0. The third-order valence-corrected chi connectivity index (χ3v) is 6.43. The fourth-order valence-corrected chi connectivity index (χ4v) is 4.31. The first kappa shape index (κ1) is 22.5. The molecule has 0 saturated heterocycles. The van der Waals surface area contributed by atoms with Crippen LogP contribution in [-0.2, 0) is 27.9 Å². The molecule has 8 heteroatoms. The number of carbonyl (C=O) groups is 1. The summed E-state index contributed by atoms with van der Waals surface area (Å²) in [5, 5.41) is 2.69. The second-order valence-corrected chi connectivity index (χ2v) is 8.78. The number of methoxy groups -OCH3 is 1. The molecule has 0 aliphatic heterocycles. The highest BCUT2D eigenvalue weighted by molar-refractivity contribution is 7.89. The number of amides is 1. The predicted molar refractivity (Wildman–Crippen MR) is 115 cm³/mol. The fraction of sp³-hybridized carbons (Fsp3) is 0.174. The van der Waals surface area contributed by atoms with Crippen LogP contribution in [-0.4, -0.2) is 32.3 Å². The molecule has 0 spiro atoms. The van der Waals surface area contributed by atoms with Gasteiger partial charge in [-0.15, -0.1) is 0 Å². The summed E-state index contributed by atoms with van der Waals surface area (Å²) in [5.41, 5.74) is 1.47. The summed E-state index contributed by atoms with van der Waals surface area (Å²) in [7, 11) is -2.44. The second kappa shape index (κ2) is 10.2. The zero-order chi connectivity index (χ0) is 22.3. The molecule has 0 saturated carbocycles. The normalized spacial score (nSPS) is 11.3. The van der Waals surface area contributed by atoms with Gasteiger partial charge in [0.05, 0.1) is 18.6 Å². The Kier molecular flexibility index (Phi) is 7.38. The van der Waals surface area contributed by atoms with Gasteiger partial charge >= 0.3 is 0 Å². The van der Waals surface area contributed by atoms with Crippen molar-refractivity contribution in [1.82, 2.24) is 9.62 Å². The minimum absolute atomic E-state index is 0.0408. The van der Waals surface area contributed by atoms with Gasteiger partial charge in [-0.1, -0.05) is 42.5 Å². The number of nitrogens with one attached hydrogen (secondary N) is 1. The van der Waals surface area contributed by atoms with E-state index in [1.165, 1.54) is 31.4 Å². The summed E-state index contributed by atoms with van der Waals surface area (Å²) in [4.78, 5) is 12.6. The van der Waals surface area contributed by atoms with Crippen molar-refractivity contribution in [2.45, 2.75) is 18.0 Å². The van der Waals surface area contributed by atoms with Crippen molar-refractivity contribution in [3.63, 3.8) is 0 Å². The molecule has 0 aliphatic rings. The lowest BCUT2D eigenvalue weighted by molar-refractivity contribution is -0.121. The van der Waals surface area contributed by atoms with Crippen LogP contribution in [0.1, 0.15) is 11.1 Å². The Bertz CT molecular complexity index is 1100. The maximum atomic E-state index is 13.2. The predicted octanol–water partition coefficient (Wildman–Crippen LogP) is 3.34. The molecule has 0 aromatic heterocycles. The molecule has 0 radical (unpaired) electrons. The third kappa shape index (κ3) is 6.13. The standard InChI is InChI=1S/C23H23FN2O4S/c1-30-21-11-13-22(14-12-21)31(28,29)26(16-19-5-3-2-4-6-19)17-23(27)25-15-18-7-9-20(24)10-8-18/h2-14H,15-17H2,1H3,(H,25,27). The molecule has 3 aromatic rings. The molecule has 1 N–H and O–H groups in total. The molecule has 0 fully saturated rings. The van der Waals surface area contributed by atoms with Gasteiger partial charge in [-0.25, -0.2) is 12.8 Å².